The first-order valence-corrected chi connectivity index (χ1v) is 11.5. The third kappa shape index (κ3) is 5.11. The molecule has 0 spiro atoms. The van der Waals surface area contributed by atoms with Gasteiger partial charge in [0.2, 0.25) is 0 Å². The van der Waals surface area contributed by atoms with E-state index in [2.05, 4.69) is 20.3 Å². The second kappa shape index (κ2) is 9.40. The minimum atomic E-state index is -2.67. The summed E-state index contributed by atoms with van der Waals surface area (Å²) in [4.78, 5) is 21.7. The van der Waals surface area contributed by atoms with Gasteiger partial charge in [0.1, 0.15) is 23.7 Å². The molecule has 10 heteroatoms. The molecule has 1 fully saturated rings. The maximum Gasteiger partial charge on any atom is 0.280 e. The van der Waals surface area contributed by atoms with Crippen LogP contribution < -0.4 is 10.2 Å². The van der Waals surface area contributed by atoms with E-state index in [1.54, 1.807) is 26.0 Å². The van der Waals surface area contributed by atoms with E-state index in [-0.39, 0.29) is 17.6 Å². The van der Waals surface area contributed by atoms with Crippen molar-refractivity contribution in [3.63, 3.8) is 0 Å². The molecule has 4 rings (SSSR count). The van der Waals surface area contributed by atoms with Crippen molar-refractivity contribution in [2.75, 3.05) is 38.3 Å². The first-order valence-electron chi connectivity index (χ1n) is 11.5. The summed E-state index contributed by atoms with van der Waals surface area (Å²) in [6, 6.07) is 5.30. The van der Waals surface area contributed by atoms with Gasteiger partial charge in [-0.2, -0.15) is 5.10 Å². The number of amides is 1. The molecule has 7 nitrogen and oxygen atoms in total. The number of piperidine rings is 1. The molecule has 2 aliphatic rings. The zero-order chi connectivity index (χ0) is 24.6. The average molecular weight is 477 g/mol. The molecule has 2 aromatic rings. The number of fused-ring (bicyclic) bond motifs is 1. The first-order chi connectivity index (χ1) is 16.0. The number of benzene rings is 1. The van der Waals surface area contributed by atoms with Crippen molar-refractivity contribution in [1.82, 2.24) is 20.0 Å². The summed E-state index contributed by atoms with van der Waals surface area (Å²) in [5, 5.41) is 7.07. The summed E-state index contributed by atoms with van der Waals surface area (Å²) < 4.78 is 42.3. The highest BCUT2D eigenvalue weighted by molar-refractivity contribution is 6.47. The Bertz CT molecular complexity index is 1080. The summed E-state index contributed by atoms with van der Waals surface area (Å²) in [5.74, 6) is -0.281. The van der Waals surface area contributed by atoms with Gasteiger partial charge in [-0.3, -0.25) is 14.5 Å². The fraction of sp³-hybridized carbons (Fsp3) is 0.542. The SMILES string of the molecule is CN1CN=C(C(=O)NC2CCN(CC(C)(C)F)CC2)c2cc(-c3cnn(C)c3C(F)F)ccc21. The van der Waals surface area contributed by atoms with Crippen molar-refractivity contribution in [3.8, 4) is 11.1 Å². The van der Waals surface area contributed by atoms with E-state index in [4.69, 9.17) is 0 Å². The Balaban J connectivity index is 1.53. The molecule has 0 aliphatic carbocycles. The van der Waals surface area contributed by atoms with Crippen molar-refractivity contribution in [1.29, 1.82) is 0 Å². The lowest BCUT2D eigenvalue weighted by Gasteiger charge is -2.35. The summed E-state index contributed by atoms with van der Waals surface area (Å²) in [6.45, 7) is 5.27. The number of nitrogens with one attached hydrogen (secondary N) is 1. The maximum atomic E-state index is 13.9. The van der Waals surface area contributed by atoms with Crippen LogP contribution in [0.25, 0.3) is 11.1 Å². The molecular formula is C24H31F3N6O. The van der Waals surface area contributed by atoms with Crippen LogP contribution in [-0.4, -0.2) is 71.4 Å². The van der Waals surface area contributed by atoms with Crippen LogP contribution in [-0.2, 0) is 11.8 Å². The largest absolute Gasteiger partial charge is 0.355 e. The Kier molecular flexibility index (Phi) is 6.71. The molecule has 1 aromatic carbocycles. The molecule has 0 radical (unpaired) electrons. The number of rotatable bonds is 6. The Morgan fingerprint density at radius 3 is 2.56 bits per heavy atom. The highest BCUT2D eigenvalue weighted by Crippen LogP contribution is 2.34. The van der Waals surface area contributed by atoms with E-state index in [9.17, 15) is 18.0 Å². The molecule has 0 saturated carbocycles. The number of alkyl halides is 3. The Labute approximate surface area is 197 Å². The number of carbonyl (C=O) groups excluding carboxylic acids is 1. The predicted molar refractivity (Wildman–Crippen MR) is 126 cm³/mol. The fourth-order valence-electron chi connectivity index (χ4n) is 4.71. The Morgan fingerprint density at radius 2 is 1.91 bits per heavy atom. The fourth-order valence-corrected chi connectivity index (χ4v) is 4.71. The summed E-state index contributed by atoms with van der Waals surface area (Å²) >= 11 is 0. The number of aryl methyl sites for hydroxylation is 1. The molecular weight excluding hydrogens is 445 g/mol. The molecule has 184 valence electrons. The quantitative estimate of drug-likeness (QED) is 0.693. The van der Waals surface area contributed by atoms with E-state index in [0.29, 0.717) is 48.7 Å². The number of hydrogen-bond donors (Lipinski definition) is 1. The maximum absolute atomic E-state index is 13.9. The van der Waals surface area contributed by atoms with Crippen LogP contribution in [0.2, 0.25) is 0 Å². The Morgan fingerprint density at radius 1 is 1.21 bits per heavy atom. The van der Waals surface area contributed by atoms with Gasteiger partial charge in [-0.15, -0.1) is 0 Å². The third-order valence-electron chi connectivity index (χ3n) is 6.34. The zero-order valence-corrected chi connectivity index (χ0v) is 20.0. The van der Waals surface area contributed by atoms with Crippen LogP contribution in [0.3, 0.4) is 0 Å². The molecule has 0 bridgehead atoms. The molecule has 1 N–H and O–H groups in total. The molecule has 1 saturated heterocycles. The summed E-state index contributed by atoms with van der Waals surface area (Å²) in [7, 11) is 3.35. The van der Waals surface area contributed by atoms with E-state index in [0.717, 1.165) is 18.5 Å². The van der Waals surface area contributed by atoms with Gasteiger partial charge in [0.15, 0.2) is 0 Å². The number of carbonyl (C=O) groups is 1. The monoisotopic (exact) mass is 476 g/mol. The lowest BCUT2D eigenvalue weighted by Crippen LogP contribution is -2.49. The number of nitrogens with zero attached hydrogens (tertiary/aromatic N) is 5. The number of aliphatic imine (C=N–C) groups is 1. The molecule has 0 unspecified atom stereocenters. The van der Waals surface area contributed by atoms with Crippen LogP contribution in [0.4, 0.5) is 18.9 Å². The second-order valence-corrected chi connectivity index (χ2v) is 9.69. The van der Waals surface area contributed by atoms with Gasteiger partial charge in [0.25, 0.3) is 12.3 Å². The molecule has 2 aliphatic heterocycles. The standard InChI is InChI=1S/C24H31F3N6O/c1-24(2,27)13-33-9-7-16(8-10-33)30-23(34)20-17-11-15(5-6-19(17)31(3)14-28-20)18-12-29-32(4)21(18)22(25)26/h5-6,11-12,16,22H,7-10,13-14H2,1-4H3,(H,30,34). The van der Waals surface area contributed by atoms with Gasteiger partial charge in [-0.25, -0.2) is 13.2 Å². The molecule has 0 atom stereocenters. The summed E-state index contributed by atoms with van der Waals surface area (Å²) in [5.41, 5.74) is 1.17. The van der Waals surface area contributed by atoms with E-state index in [1.807, 2.05) is 18.0 Å². The number of aromatic nitrogens is 2. The number of halogens is 3. The predicted octanol–water partition coefficient (Wildman–Crippen LogP) is 3.55. The Hall–Kier alpha value is -2.88. The normalized spacial score (nSPS) is 17.6. The van der Waals surface area contributed by atoms with Gasteiger partial charge in [0.05, 0.1) is 6.20 Å². The van der Waals surface area contributed by atoms with Crippen LogP contribution in [0, 0.1) is 0 Å². The highest BCUT2D eigenvalue weighted by Gasteiger charge is 2.29. The lowest BCUT2D eigenvalue weighted by atomic mass is 9.97. The number of likely N-dealkylation sites (tertiary alicyclic amines) is 1. The average Bonchev–Trinajstić information content (AvgIpc) is 3.16. The van der Waals surface area contributed by atoms with Gasteiger partial charge in [0, 0.05) is 56.6 Å². The van der Waals surface area contributed by atoms with E-state index in [1.165, 1.54) is 17.9 Å². The molecule has 34 heavy (non-hydrogen) atoms. The van der Waals surface area contributed by atoms with Crippen molar-refractivity contribution < 1.29 is 18.0 Å². The highest BCUT2D eigenvalue weighted by atomic mass is 19.3. The lowest BCUT2D eigenvalue weighted by molar-refractivity contribution is -0.115. The molecule has 3 heterocycles. The van der Waals surface area contributed by atoms with Crippen LogP contribution in [0.5, 0.6) is 0 Å². The van der Waals surface area contributed by atoms with E-state index < -0.39 is 12.1 Å². The van der Waals surface area contributed by atoms with Gasteiger partial charge in [-0.1, -0.05) is 6.07 Å². The first kappa shape index (κ1) is 24.3. The minimum absolute atomic E-state index is 0.0239. The topological polar surface area (TPSA) is 65.8 Å². The zero-order valence-electron chi connectivity index (χ0n) is 20.0. The van der Waals surface area contributed by atoms with Crippen LogP contribution in [0.15, 0.2) is 29.4 Å². The van der Waals surface area contributed by atoms with Crippen molar-refractivity contribution in [3.05, 3.63) is 35.7 Å². The van der Waals surface area contributed by atoms with Gasteiger partial charge < -0.3 is 15.1 Å². The molecule has 1 amide bonds. The van der Waals surface area contributed by atoms with Gasteiger partial charge >= 0.3 is 0 Å². The smallest absolute Gasteiger partial charge is 0.280 e. The second-order valence-electron chi connectivity index (χ2n) is 9.69. The van der Waals surface area contributed by atoms with Crippen molar-refractivity contribution in [2.45, 2.75) is 44.8 Å². The van der Waals surface area contributed by atoms with Crippen LogP contribution in [0.1, 0.15) is 44.4 Å². The summed E-state index contributed by atoms with van der Waals surface area (Å²) in [6.07, 6.45) is 0.204. The third-order valence-corrected chi connectivity index (χ3v) is 6.34. The minimum Gasteiger partial charge on any atom is -0.355 e. The van der Waals surface area contributed by atoms with Crippen molar-refractivity contribution in [2.24, 2.45) is 12.0 Å². The van der Waals surface area contributed by atoms with E-state index >= 15 is 0 Å². The number of hydrogen-bond acceptors (Lipinski definition) is 5. The van der Waals surface area contributed by atoms with Crippen molar-refractivity contribution >= 4 is 17.3 Å². The van der Waals surface area contributed by atoms with Gasteiger partial charge in [-0.05, 0) is 44.4 Å². The number of anilines is 1. The van der Waals surface area contributed by atoms with Crippen LogP contribution >= 0.6 is 0 Å². The molecule has 1 aromatic heterocycles.